The van der Waals surface area contributed by atoms with Gasteiger partial charge in [-0.2, -0.15) is 0 Å². The van der Waals surface area contributed by atoms with E-state index in [0.717, 1.165) is 22.5 Å². The Morgan fingerprint density at radius 3 is 2.32 bits per heavy atom. The fraction of sp³-hybridized carbons (Fsp3) is 0.0952. The number of anilines is 2. The van der Waals surface area contributed by atoms with Crippen LogP contribution in [0.15, 0.2) is 72.8 Å². The van der Waals surface area contributed by atoms with E-state index in [1.54, 1.807) is 17.0 Å². The van der Waals surface area contributed by atoms with Gasteiger partial charge in [-0.15, -0.1) is 0 Å². The summed E-state index contributed by atoms with van der Waals surface area (Å²) in [4.78, 5) is 14.9. The largest absolute Gasteiger partial charge is 0.508 e. The molecule has 1 heterocycles. The van der Waals surface area contributed by atoms with Crippen molar-refractivity contribution in [3.8, 4) is 5.75 Å². The second kappa shape index (κ2) is 5.98. The van der Waals surface area contributed by atoms with E-state index >= 15 is 0 Å². The zero-order valence-corrected chi connectivity index (χ0v) is 13.8. The molecule has 0 spiro atoms. The van der Waals surface area contributed by atoms with E-state index in [2.05, 4.69) is 5.32 Å². The van der Waals surface area contributed by atoms with Gasteiger partial charge in [0.05, 0.1) is 5.56 Å². The molecular weight excluding hydrogens is 312 g/mol. The molecule has 0 saturated heterocycles. The molecule has 4 heteroatoms. The molecule has 3 aromatic carbocycles. The molecule has 1 aliphatic heterocycles. The standard InChI is InChI=1S/C21H18N2O2/c1-14-6-10-16(11-7-14)23-20(15-8-12-17(24)13-9-15)22-19-5-3-2-4-18(19)21(23)25/h2-13,20,22,24H,1H3/t20-/m0/s1. The van der Waals surface area contributed by atoms with E-state index in [1.807, 2.05) is 67.6 Å². The van der Waals surface area contributed by atoms with Crippen LogP contribution in [0.1, 0.15) is 27.7 Å². The molecule has 0 unspecified atom stereocenters. The van der Waals surface area contributed by atoms with Gasteiger partial charge >= 0.3 is 0 Å². The Morgan fingerprint density at radius 1 is 0.920 bits per heavy atom. The highest BCUT2D eigenvalue weighted by Crippen LogP contribution is 2.36. The van der Waals surface area contributed by atoms with Crippen molar-refractivity contribution in [3.05, 3.63) is 89.5 Å². The minimum absolute atomic E-state index is 0.0451. The molecule has 0 fully saturated rings. The Hall–Kier alpha value is -3.27. The molecule has 1 atom stereocenters. The molecule has 4 rings (SSSR count). The quantitative estimate of drug-likeness (QED) is 0.729. The summed E-state index contributed by atoms with van der Waals surface area (Å²) in [5.74, 6) is 0.157. The molecule has 0 bridgehead atoms. The number of benzene rings is 3. The summed E-state index contributed by atoms with van der Waals surface area (Å²) in [5.41, 5.74) is 4.34. The number of aryl methyl sites for hydroxylation is 1. The fourth-order valence-corrected chi connectivity index (χ4v) is 3.12. The smallest absolute Gasteiger partial charge is 0.262 e. The van der Waals surface area contributed by atoms with Crippen molar-refractivity contribution >= 4 is 17.3 Å². The Bertz CT molecular complexity index is 917. The molecule has 124 valence electrons. The van der Waals surface area contributed by atoms with Gasteiger partial charge in [0.15, 0.2) is 0 Å². The van der Waals surface area contributed by atoms with Crippen LogP contribution in [0.2, 0.25) is 0 Å². The Morgan fingerprint density at radius 2 is 1.60 bits per heavy atom. The highest BCUT2D eigenvalue weighted by molar-refractivity contribution is 6.12. The van der Waals surface area contributed by atoms with Crippen LogP contribution in [0.3, 0.4) is 0 Å². The van der Waals surface area contributed by atoms with Crippen LogP contribution < -0.4 is 10.2 Å². The molecule has 2 N–H and O–H groups in total. The van der Waals surface area contributed by atoms with Gasteiger partial charge in [0.2, 0.25) is 0 Å². The molecule has 25 heavy (non-hydrogen) atoms. The van der Waals surface area contributed by atoms with Crippen molar-refractivity contribution in [1.82, 2.24) is 0 Å². The first kappa shape index (κ1) is 15.3. The van der Waals surface area contributed by atoms with E-state index in [4.69, 9.17) is 0 Å². The van der Waals surface area contributed by atoms with Crippen LogP contribution in [0.5, 0.6) is 5.75 Å². The summed E-state index contributed by atoms with van der Waals surface area (Å²) in [6.45, 7) is 2.02. The number of para-hydroxylation sites is 1. The number of nitrogens with one attached hydrogen (secondary N) is 1. The zero-order chi connectivity index (χ0) is 17.4. The minimum Gasteiger partial charge on any atom is -0.508 e. The molecule has 0 aliphatic carbocycles. The number of fused-ring (bicyclic) bond motifs is 1. The maximum Gasteiger partial charge on any atom is 0.262 e. The van der Waals surface area contributed by atoms with Crippen LogP contribution in [0, 0.1) is 6.92 Å². The number of phenolic OH excluding ortho intramolecular Hbond substituents is 1. The fourth-order valence-electron chi connectivity index (χ4n) is 3.12. The summed E-state index contributed by atoms with van der Waals surface area (Å²) >= 11 is 0. The molecule has 0 radical (unpaired) electrons. The lowest BCUT2D eigenvalue weighted by atomic mass is 10.0. The number of carbonyl (C=O) groups is 1. The third kappa shape index (κ3) is 2.72. The first-order valence-corrected chi connectivity index (χ1v) is 8.18. The van der Waals surface area contributed by atoms with Gasteiger partial charge in [0.1, 0.15) is 11.9 Å². The summed E-state index contributed by atoms with van der Waals surface area (Å²) in [6, 6.07) is 22.4. The lowest BCUT2D eigenvalue weighted by Gasteiger charge is -2.38. The molecule has 1 amide bonds. The predicted molar refractivity (Wildman–Crippen MR) is 98.9 cm³/mol. The van der Waals surface area contributed by atoms with E-state index in [0.29, 0.717) is 5.56 Å². The molecule has 1 aliphatic rings. The number of phenols is 1. The van der Waals surface area contributed by atoms with Crippen molar-refractivity contribution in [2.45, 2.75) is 13.1 Å². The van der Waals surface area contributed by atoms with Gasteiger partial charge in [-0.1, -0.05) is 42.0 Å². The molecule has 4 nitrogen and oxygen atoms in total. The molecule has 0 aromatic heterocycles. The summed E-state index contributed by atoms with van der Waals surface area (Å²) < 4.78 is 0. The van der Waals surface area contributed by atoms with Gasteiger partial charge < -0.3 is 10.4 Å². The number of hydrogen-bond donors (Lipinski definition) is 2. The second-order valence-electron chi connectivity index (χ2n) is 6.19. The normalized spacial score (nSPS) is 16.3. The lowest BCUT2D eigenvalue weighted by Crippen LogP contribution is -2.43. The average Bonchev–Trinajstić information content (AvgIpc) is 2.63. The first-order chi connectivity index (χ1) is 12.1. The number of aromatic hydroxyl groups is 1. The topological polar surface area (TPSA) is 52.6 Å². The molecule has 3 aromatic rings. The second-order valence-corrected chi connectivity index (χ2v) is 6.19. The highest BCUT2D eigenvalue weighted by Gasteiger charge is 2.33. The Labute approximate surface area is 146 Å². The van der Waals surface area contributed by atoms with Crippen molar-refractivity contribution < 1.29 is 9.90 Å². The number of hydrogen-bond acceptors (Lipinski definition) is 3. The lowest BCUT2D eigenvalue weighted by molar-refractivity contribution is 0.0975. The molecule has 0 saturated carbocycles. The van der Waals surface area contributed by atoms with E-state index < -0.39 is 0 Å². The van der Waals surface area contributed by atoms with Gasteiger partial charge in [0.25, 0.3) is 5.91 Å². The van der Waals surface area contributed by atoms with Crippen LogP contribution in [-0.2, 0) is 0 Å². The average molecular weight is 330 g/mol. The van der Waals surface area contributed by atoms with Crippen molar-refractivity contribution in [2.75, 3.05) is 10.2 Å². The van der Waals surface area contributed by atoms with Crippen molar-refractivity contribution in [2.24, 2.45) is 0 Å². The highest BCUT2D eigenvalue weighted by atomic mass is 16.3. The van der Waals surface area contributed by atoms with E-state index in [-0.39, 0.29) is 17.8 Å². The van der Waals surface area contributed by atoms with E-state index in [9.17, 15) is 9.90 Å². The monoisotopic (exact) mass is 330 g/mol. The SMILES string of the molecule is Cc1ccc(N2C(=O)c3ccccc3N[C@@H]2c2ccc(O)cc2)cc1. The maximum atomic E-state index is 13.2. The third-order valence-corrected chi connectivity index (χ3v) is 4.45. The number of rotatable bonds is 2. The van der Waals surface area contributed by atoms with Crippen LogP contribution in [-0.4, -0.2) is 11.0 Å². The summed E-state index contributed by atoms with van der Waals surface area (Å²) in [5, 5.41) is 13.0. The maximum absolute atomic E-state index is 13.2. The number of amides is 1. The Balaban J connectivity index is 1.85. The van der Waals surface area contributed by atoms with Crippen LogP contribution >= 0.6 is 0 Å². The van der Waals surface area contributed by atoms with Gasteiger partial charge in [-0.05, 0) is 48.9 Å². The van der Waals surface area contributed by atoms with Crippen molar-refractivity contribution in [3.63, 3.8) is 0 Å². The first-order valence-electron chi connectivity index (χ1n) is 8.18. The van der Waals surface area contributed by atoms with Crippen LogP contribution in [0.4, 0.5) is 11.4 Å². The zero-order valence-electron chi connectivity index (χ0n) is 13.8. The third-order valence-electron chi connectivity index (χ3n) is 4.45. The van der Waals surface area contributed by atoms with Gasteiger partial charge in [0, 0.05) is 11.4 Å². The molecular formula is C21H18N2O2. The van der Waals surface area contributed by atoms with Gasteiger partial charge in [-0.3, -0.25) is 9.69 Å². The predicted octanol–water partition coefficient (Wildman–Crippen LogP) is 4.47. The summed E-state index contributed by atoms with van der Waals surface area (Å²) in [6.07, 6.45) is -0.342. The minimum atomic E-state index is -0.342. The number of nitrogens with zero attached hydrogens (tertiary/aromatic N) is 1. The van der Waals surface area contributed by atoms with E-state index in [1.165, 1.54) is 0 Å². The Kier molecular flexibility index (Phi) is 3.65. The number of carbonyl (C=O) groups excluding carboxylic acids is 1. The van der Waals surface area contributed by atoms with Crippen molar-refractivity contribution in [1.29, 1.82) is 0 Å². The van der Waals surface area contributed by atoms with Gasteiger partial charge in [-0.25, -0.2) is 0 Å². The summed E-state index contributed by atoms with van der Waals surface area (Å²) in [7, 11) is 0. The van der Waals surface area contributed by atoms with Crippen LogP contribution in [0.25, 0.3) is 0 Å².